The first-order valence-electron chi connectivity index (χ1n) is 7.90. The van der Waals surface area contributed by atoms with Crippen LogP contribution in [0, 0.1) is 5.92 Å². The average Bonchev–Trinajstić information content (AvgIpc) is 2.89. The largest absolute Gasteiger partial charge is 0.326 e. The van der Waals surface area contributed by atoms with E-state index in [4.69, 9.17) is 0 Å². The van der Waals surface area contributed by atoms with Crippen LogP contribution in [0.3, 0.4) is 0 Å². The molecule has 0 spiro atoms. The first kappa shape index (κ1) is 16.6. The van der Waals surface area contributed by atoms with Crippen LogP contribution in [0.25, 0.3) is 0 Å². The summed E-state index contributed by atoms with van der Waals surface area (Å²) in [6.45, 7) is 3.27. The molecule has 0 bridgehead atoms. The molecule has 1 heterocycles. The van der Waals surface area contributed by atoms with E-state index in [1.165, 1.54) is 11.9 Å². The zero-order chi connectivity index (χ0) is 17.8. The van der Waals surface area contributed by atoms with Gasteiger partial charge in [0.15, 0.2) is 0 Å². The first-order chi connectivity index (χ1) is 12.0. The highest BCUT2D eigenvalue weighted by Gasteiger charge is 2.33. The van der Waals surface area contributed by atoms with Crippen LogP contribution in [0.5, 0.6) is 0 Å². The Hall–Kier alpha value is -3.28. The van der Waals surface area contributed by atoms with E-state index in [1.807, 2.05) is 37.3 Å². The minimum atomic E-state index is -0.477. The maximum absolute atomic E-state index is 12.6. The maximum Gasteiger partial charge on any atom is 0.261 e. The Kier molecular flexibility index (Phi) is 4.70. The van der Waals surface area contributed by atoms with E-state index in [1.54, 1.807) is 30.5 Å². The smallest absolute Gasteiger partial charge is 0.261 e. The lowest BCUT2D eigenvalue weighted by molar-refractivity contribution is -0.118. The molecule has 1 N–H and O–H groups in total. The van der Waals surface area contributed by atoms with Crippen molar-refractivity contribution in [2.75, 3.05) is 10.3 Å². The molecule has 0 radical (unpaired) electrons. The molecule has 2 aromatic carbocycles. The molecule has 2 amide bonds. The van der Waals surface area contributed by atoms with Gasteiger partial charge in [0.2, 0.25) is 5.91 Å². The van der Waals surface area contributed by atoms with E-state index in [9.17, 15) is 9.59 Å². The molecule has 0 aliphatic carbocycles. The zero-order valence-corrected chi connectivity index (χ0v) is 14.0. The van der Waals surface area contributed by atoms with Gasteiger partial charge in [0.1, 0.15) is 5.92 Å². The SMILES string of the molecule is CC(=O)Nc1ccc(N=C[C@H]2C(=O)N(c3ccccc3)N=C2C)cc1. The van der Waals surface area contributed by atoms with Gasteiger partial charge in [-0.15, -0.1) is 0 Å². The topological polar surface area (TPSA) is 74.1 Å². The number of hydrogen-bond donors (Lipinski definition) is 1. The lowest BCUT2D eigenvalue weighted by Gasteiger charge is -2.12. The van der Waals surface area contributed by atoms with Gasteiger partial charge < -0.3 is 5.32 Å². The molecule has 6 nitrogen and oxygen atoms in total. The second-order valence-electron chi connectivity index (χ2n) is 5.71. The third-order valence-electron chi connectivity index (χ3n) is 3.74. The van der Waals surface area contributed by atoms with Crippen LogP contribution in [-0.2, 0) is 9.59 Å². The number of benzene rings is 2. The molecule has 3 rings (SSSR count). The second kappa shape index (κ2) is 7.09. The Morgan fingerprint density at radius 2 is 1.84 bits per heavy atom. The number of nitrogens with zero attached hydrogens (tertiary/aromatic N) is 3. The number of aliphatic imine (C=N–C) groups is 1. The van der Waals surface area contributed by atoms with E-state index in [-0.39, 0.29) is 11.8 Å². The minimum absolute atomic E-state index is 0.123. The Balaban J connectivity index is 1.72. The highest BCUT2D eigenvalue weighted by molar-refractivity contribution is 6.23. The summed E-state index contributed by atoms with van der Waals surface area (Å²) in [5.74, 6) is -0.724. The van der Waals surface area contributed by atoms with E-state index >= 15 is 0 Å². The van der Waals surface area contributed by atoms with Crippen LogP contribution in [0.1, 0.15) is 13.8 Å². The monoisotopic (exact) mass is 334 g/mol. The van der Waals surface area contributed by atoms with Crippen LogP contribution in [0.15, 0.2) is 64.7 Å². The number of carbonyl (C=O) groups excluding carboxylic acids is 2. The third-order valence-corrected chi connectivity index (χ3v) is 3.74. The zero-order valence-electron chi connectivity index (χ0n) is 14.0. The molecule has 1 atom stereocenters. The van der Waals surface area contributed by atoms with Gasteiger partial charge in [0, 0.05) is 18.8 Å². The van der Waals surface area contributed by atoms with E-state index < -0.39 is 5.92 Å². The molecule has 6 heteroatoms. The summed E-state index contributed by atoms with van der Waals surface area (Å²) < 4.78 is 0. The highest BCUT2D eigenvalue weighted by Crippen LogP contribution is 2.23. The summed E-state index contributed by atoms with van der Waals surface area (Å²) in [5.41, 5.74) is 2.85. The third kappa shape index (κ3) is 3.80. The lowest BCUT2D eigenvalue weighted by atomic mass is 10.1. The van der Waals surface area contributed by atoms with E-state index in [2.05, 4.69) is 15.4 Å². The molecule has 1 aliphatic rings. The lowest BCUT2D eigenvalue weighted by Crippen LogP contribution is -2.27. The van der Waals surface area contributed by atoms with Gasteiger partial charge in [0.25, 0.3) is 5.91 Å². The fourth-order valence-electron chi connectivity index (χ4n) is 2.50. The number of amides is 2. The van der Waals surface area contributed by atoms with Crippen LogP contribution in [-0.4, -0.2) is 23.7 Å². The van der Waals surface area contributed by atoms with Gasteiger partial charge >= 0.3 is 0 Å². The Bertz CT molecular complexity index is 841. The molecule has 2 aromatic rings. The average molecular weight is 334 g/mol. The standard InChI is InChI=1S/C19H18N4O2/c1-13-18(19(25)23(22-13)17-6-4-3-5-7-17)12-20-15-8-10-16(11-9-15)21-14(2)24/h3-12,18H,1-2H3,(H,21,24)/t18-/m1/s1. The number of carbonyl (C=O) groups is 2. The van der Waals surface area contributed by atoms with Crippen molar-refractivity contribution in [3.8, 4) is 0 Å². The van der Waals surface area contributed by atoms with Gasteiger partial charge in [-0.1, -0.05) is 18.2 Å². The molecule has 0 unspecified atom stereocenters. The number of rotatable bonds is 4. The second-order valence-corrected chi connectivity index (χ2v) is 5.71. The maximum atomic E-state index is 12.6. The fraction of sp³-hybridized carbons (Fsp3) is 0.158. The number of anilines is 2. The molecule has 1 aliphatic heterocycles. The highest BCUT2D eigenvalue weighted by atomic mass is 16.2. The molecule has 126 valence electrons. The van der Waals surface area contributed by atoms with Crippen molar-refractivity contribution in [1.82, 2.24) is 0 Å². The van der Waals surface area contributed by atoms with Crippen LogP contribution < -0.4 is 10.3 Å². The molecular formula is C19H18N4O2. The quantitative estimate of drug-likeness (QED) is 0.870. The van der Waals surface area contributed by atoms with Crippen molar-refractivity contribution < 1.29 is 9.59 Å². The summed E-state index contributed by atoms with van der Waals surface area (Å²) in [5, 5.41) is 8.45. The molecule has 0 saturated heterocycles. The van der Waals surface area contributed by atoms with Crippen molar-refractivity contribution in [2.45, 2.75) is 13.8 Å². The van der Waals surface area contributed by atoms with Crippen molar-refractivity contribution in [3.63, 3.8) is 0 Å². The minimum Gasteiger partial charge on any atom is -0.326 e. The number of hydrogen-bond acceptors (Lipinski definition) is 4. The first-order valence-corrected chi connectivity index (χ1v) is 7.90. The van der Waals surface area contributed by atoms with Crippen molar-refractivity contribution in [3.05, 3.63) is 54.6 Å². The van der Waals surface area contributed by atoms with E-state index in [0.29, 0.717) is 17.1 Å². The Morgan fingerprint density at radius 1 is 1.16 bits per heavy atom. The Labute approximate surface area is 145 Å². The predicted octanol–water partition coefficient (Wildman–Crippen LogP) is 3.39. The summed E-state index contributed by atoms with van der Waals surface area (Å²) in [4.78, 5) is 28.0. The summed E-state index contributed by atoms with van der Waals surface area (Å²) in [6.07, 6.45) is 1.61. The van der Waals surface area contributed by atoms with E-state index in [0.717, 1.165) is 5.69 Å². The van der Waals surface area contributed by atoms with Crippen molar-refractivity contribution in [2.24, 2.45) is 16.0 Å². The summed E-state index contributed by atoms with van der Waals surface area (Å²) >= 11 is 0. The van der Waals surface area contributed by atoms with Gasteiger partial charge in [-0.25, -0.2) is 0 Å². The summed E-state index contributed by atoms with van der Waals surface area (Å²) in [6, 6.07) is 16.4. The molecule has 0 saturated carbocycles. The fourth-order valence-corrected chi connectivity index (χ4v) is 2.50. The molecule has 0 fully saturated rings. The number of nitrogens with one attached hydrogen (secondary N) is 1. The van der Waals surface area contributed by atoms with Gasteiger partial charge in [-0.2, -0.15) is 10.1 Å². The molecular weight excluding hydrogens is 316 g/mol. The summed E-state index contributed by atoms with van der Waals surface area (Å²) in [7, 11) is 0. The molecule has 25 heavy (non-hydrogen) atoms. The predicted molar refractivity (Wildman–Crippen MR) is 99.4 cm³/mol. The van der Waals surface area contributed by atoms with Crippen molar-refractivity contribution >= 4 is 40.8 Å². The van der Waals surface area contributed by atoms with Gasteiger partial charge in [-0.05, 0) is 43.3 Å². The Morgan fingerprint density at radius 3 is 2.48 bits per heavy atom. The van der Waals surface area contributed by atoms with Crippen LogP contribution in [0.4, 0.5) is 17.1 Å². The van der Waals surface area contributed by atoms with Gasteiger partial charge in [-0.3, -0.25) is 14.6 Å². The molecule has 0 aromatic heterocycles. The number of para-hydroxylation sites is 1. The van der Waals surface area contributed by atoms with Crippen LogP contribution in [0.2, 0.25) is 0 Å². The van der Waals surface area contributed by atoms with Gasteiger partial charge in [0.05, 0.1) is 17.1 Å². The van der Waals surface area contributed by atoms with Crippen LogP contribution >= 0.6 is 0 Å². The number of hydrazone groups is 1. The van der Waals surface area contributed by atoms with Crippen molar-refractivity contribution in [1.29, 1.82) is 0 Å². The normalized spacial score (nSPS) is 17.0.